The summed E-state index contributed by atoms with van der Waals surface area (Å²) < 4.78 is 15.7. The highest BCUT2D eigenvalue weighted by Gasteiger charge is 2.62. The van der Waals surface area contributed by atoms with Crippen molar-refractivity contribution in [3.63, 3.8) is 0 Å². The molecule has 3 rings (SSSR count). The van der Waals surface area contributed by atoms with Gasteiger partial charge in [-0.05, 0) is 26.8 Å². The number of nitriles is 1. The zero-order valence-corrected chi connectivity index (χ0v) is 16.9. The fraction of sp³-hybridized carbons (Fsp3) is 0.333. The number of nitrogens with zero attached hydrogens (tertiary/aromatic N) is 2. The summed E-state index contributed by atoms with van der Waals surface area (Å²) in [4.78, 5) is 40.1. The molecule has 0 bridgehead atoms. The lowest BCUT2D eigenvalue weighted by molar-refractivity contribution is -0.148. The van der Waals surface area contributed by atoms with E-state index in [1.807, 2.05) is 6.07 Å². The van der Waals surface area contributed by atoms with Crippen LogP contribution < -0.4 is 10.5 Å². The second kappa shape index (κ2) is 7.91. The van der Waals surface area contributed by atoms with Gasteiger partial charge in [-0.15, -0.1) is 0 Å². The number of allylic oxidation sites excluding steroid dienone is 1. The standard InChI is InChI=1S/C21H21N3O6/c1-4-28-16(25)11-24-12(3)17(19(26)29-5-2)21(20(24)27)13-8-6-7-9-15(13)30-18(23)14(21)10-22/h6-9H,4-5,11,23H2,1-3H3. The van der Waals surface area contributed by atoms with Crippen molar-refractivity contribution < 1.29 is 28.6 Å². The number of hydrogen-bond acceptors (Lipinski definition) is 8. The summed E-state index contributed by atoms with van der Waals surface area (Å²) in [7, 11) is 0. The Balaban J connectivity index is 2.33. The van der Waals surface area contributed by atoms with Gasteiger partial charge in [0.25, 0.3) is 0 Å². The number of esters is 2. The summed E-state index contributed by atoms with van der Waals surface area (Å²) in [5.74, 6) is -2.17. The summed E-state index contributed by atoms with van der Waals surface area (Å²) in [5.41, 5.74) is 4.26. The molecule has 2 heterocycles. The largest absolute Gasteiger partial charge is 0.465 e. The topological polar surface area (TPSA) is 132 Å². The number of amides is 1. The van der Waals surface area contributed by atoms with Gasteiger partial charge in [-0.1, -0.05) is 18.2 Å². The molecule has 0 saturated carbocycles. The molecule has 2 aliphatic heterocycles. The van der Waals surface area contributed by atoms with Crippen LogP contribution in [0.25, 0.3) is 0 Å². The molecule has 1 unspecified atom stereocenters. The highest BCUT2D eigenvalue weighted by atomic mass is 16.5. The number of carbonyl (C=O) groups excluding carboxylic acids is 3. The summed E-state index contributed by atoms with van der Waals surface area (Å²) in [6, 6.07) is 8.42. The van der Waals surface area contributed by atoms with Crippen LogP contribution >= 0.6 is 0 Å². The summed E-state index contributed by atoms with van der Waals surface area (Å²) in [5, 5.41) is 9.89. The van der Waals surface area contributed by atoms with Crippen molar-refractivity contribution in [2.45, 2.75) is 26.2 Å². The molecule has 1 atom stereocenters. The van der Waals surface area contributed by atoms with Gasteiger partial charge in [-0.2, -0.15) is 5.26 Å². The van der Waals surface area contributed by atoms with Crippen molar-refractivity contribution in [2.24, 2.45) is 5.73 Å². The van der Waals surface area contributed by atoms with Gasteiger partial charge in [-0.3, -0.25) is 9.59 Å². The third kappa shape index (κ3) is 2.88. The number of nitrogens with two attached hydrogens (primary N) is 1. The van der Waals surface area contributed by atoms with Gasteiger partial charge in [0.1, 0.15) is 23.9 Å². The van der Waals surface area contributed by atoms with E-state index in [9.17, 15) is 19.6 Å². The van der Waals surface area contributed by atoms with Gasteiger partial charge in [-0.25, -0.2) is 4.79 Å². The number of ether oxygens (including phenoxy) is 3. The molecule has 9 nitrogen and oxygen atoms in total. The van der Waals surface area contributed by atoms with E-state index in [4.69, 9.17) is 19.9 Å². The molecule has 9 heteroatoms. The Morgan fingerprint density at radius 3 is 2.53 bits per heavy atom. The van der Waals surface area contributed by atoms with Crippen LogP contribution in [0.5, 0.6) is 5.75 Å². The van der Waals surface area contributed by atoms with Crippen LogP contribution in [0.4, 0.5) is 0 Å². The number of carbonyl (C=O) groups is 3. The number of benzene rings is 1. The zero-order valence-electron chi connectivity index (χ0n) is 16.9. The maximum absolute atomic E-state index is 13.8. The monoisotopic (exact) mass is 411 g/mol. The Morgan fingerprint density at radius 2 is 1.90 bits per heavy atom. The molecular weight excluding hydrogens is 390 g/mol. The molecular formula is C21H21N3O6. The molecule has 1 amide bonds. The van der Waals surface area contributed by atoms with Crippen LogP contribution in [0, 0.1) is 11.3 Å². The number of rotatable bonds is 5. The fourth-order valence-electron chi connectivity index (χ4n) is 3.87. The summed E-state index contributed by atoms with van der Waals surface area (Å²) >= 11 is 0. The second-order valence-corrected chi connectivity index (χ2v) is 6.58. The molecule has 1 aromatic carbocycles. The predicted octanol–water partition coefficient (Wildman–Crippen LogP) is 1.25. The molecule has 0 saturated heterocycles. The minimum absolute atomic E-state index is 0.0526. The zero-order chi connectivity index (χ0) is 22.1. The molecule has 0 fully saturated rings. The first kappa shape index (κ1) is 20.9. The van der Waals surface area contributed by atoms with Crippen molar-refractivity contribution in [1.29, 1.82) is 5.26 Å². The van der Waals surface area contributed by atoms with Gasteiger partial charge in [0.15, 0.2) is 5.41 Å². The highest BCUT2D eigenvalue weighted by Crippen LogP contribution is 2.53. The third-order valence-electron chi connectivity index (χ3n) is 5.02. The fourth-order valence-corrected chi connectivity index (χ4v) is 3.87. The minimum atomic E-state index is -1.88. The molecule has 0 aliphatic carbocycles. The highest BCUT2D eigenvalue weighted by molar-refractivity contribution is 6.13. The molecule has 156 valence electrons. The van der Waals surface area contributed by atoms with E-state index in [1.165, 1.54) is 6.92 Å². The average molecular weight is 411 g/mol. The second-order valence-electron chi connectivity index (χ2n) is 6.58. The molecule has 2 N–H and O–H groups in total. The Labute approximate surface area is 173 Å². The van der Waals surface area contributed by atoms with E-state index < -0.39 is 29.8 Å². The third-order valence-corrected chi connectivity index (χ3v) is 5.02. The average Bonchev–Trinajstić information content (AvgIpc) is 2.91. The molecule has 30 heavy (non-hydrogen) atoms. The first-order valence-electron chi connectivity index (χ1n) is 9.38. The van der Waals surface area contributed by atoms with E-state index in [1.54, 1.807) is 38.1 Å². The van der Waals surface area contributed by atoms with E-state index >= 15 is 0 Å². The van der Waals surface area contributed by atoms with E-state index in [-0.39, 0.29) is 47.3 Å². The SMILES string of the molecule is CCOC(=O)CN1C(=O)C2(C(C#N)=C(N)Oc3ccccc32)C(C(=O)OCC)=C1C. The Hall–Kier alpha value is -3.80. The van der Waals surface area contributed by atoms with Crippen molar-refractivity contribution in [3.8, 4) is 11.8 Å². The van der Waals surface area contributed by atoms with Crippen LogP contribution in [0.2, 0.25) is 0 Å². The lowest BCUT2D eigenvalue weighted by Gasteiger charge is -2.35. The normalized spacial score (nSPS) is 20.1. The summed E-state index contributed by atoms with van der Waals surface area (Å²) in [6.07, 6.45) is 0. The Bertz CT molecular complexity index is 1040. The van der Waals surface area contributed by atoms with Crippen molar-refractivity contribution in [3.05, 3.63) is 52.6 Å². The van der Waals surface area contributed by atoms with Crippen LogP contribution in [0.3, 0.4) is 0 Å². The first-order chi connectivity index (χ1) is 14.3. The Kier molecular flexibility index (Phi) is 5.52. The number of hydrogen-bond donors (Lipinski definition) is 1. The maximum Gasteiger partial charge on any atom is 0.337 e. The first-order valence-corrected chi connectivity index (χ1v) is 9.38. The number of para-hydroxylation sites is 1. The lowest BCUT2D eigenvalue weighted by atomic mass is 9.68. The van der Waals surface area contributed by atoms with Gasteiger partial charge >= 0.3 is 11.9 Å². The van der Waals surface area contributed by atoms with Crippen molar-refractivity contribution in [1.82, 2.24) is 4.90 Å². The van der Waals surface area contributed by atoms with E-state index in [0.717, 1.165) is 4.90 Å². The summed E-state index contributed by atoms with van der Waals surface area (Å²) in [6.45, 7) is 4.54. The van der Waals surface area contributed by atoms with Crippen LogP contribution in [-0.2, 0) is 29.3 Å². The van der Waals surface area contributed by atoms with E-state index in [2.05, 4.69) is 0 Å². The van der Waals surface area contributed by atoms with Crippen molar-refractivity contribution >= 4 is 17.8 Å². The van der Waals surface area contributed by atoms with Gasteiger partial charge in [0.2, 0.25) is 11.8 Å². The minimum Gasteiger partial charge on any atom is -0.465 e. The van der Waals surface area contributed by atoms with Crippen molar-refractivity contribution in [2.75, 3.05) is 19.8 Å². The lowest BCUT2D eigenvalue weighted by Crippen LogP contribution is -2.48. The quantitative estimate of drug-likeness (QED) is 0.716. The molecule has 2 aliphatic rings. The van der Waals surface area contributed by atoms with Gasteiger partial charge < -0.3 is 24.8 Å². The Morgan fingerprint density at radius 1 is 1.23 bits per heavy atom. The predicted molar refractivity (Wildman–Crippen MR) is 103 cm³/mol. The smallest absolute Gasteiger partial charge is 0.337 e. The molecule has 1 aromatic rings. The van der Waals surface area contributed by atoms with Crippen LogP contribution in [0.1, 0.15) is 26.3 Å². The number of fused-ring (bicyclic) bond motifs is 2. The van der Waals surface area contributed by atoms with Crippen LogP contribution in [0.15, 0.2) is 47.0 Å². The van der Waals surface area contributed by atoms with Gasteiger partial charge in [0.05, 0.1) is 18.8 Å². The molecule has 1 spiro atoms. The maximum atomic E-state index is 13.8. The van der Waals surface area contributed by atoms with E-state index in [0.29, 0.717) is 0 Å². The van der Waals surface area contributed by atoms with Crippen LogP contribution in [-0.4, -0.2) is 42.5 Å². The molecule has 0 aromatic heterocycles. The molecule has 0 radical (unpaired) electrons. The van der Waals surface area contributed by atoms with Gasteiger partial charge in [0, 0.05) is 11.3 Å².